The van der Waals surface area contributed by atoms with E-state index in [1.807, 2.05) is 44.2 Å². The summed E-state index contributed by atoms with van der Waals surface area (Å²) in [6.07, 6.45) is 0.651. The first kappa shape index (κ1) is 22.9. The summed E-state index contributed by atoms with van der Waals surface area (Å²) in [6.45, 7) is 5.28. The molecule has 0 fully saturated rings. The number of amides is 2. The summed E-state index contributed by atoms with van der Waals surface area (Å²) in [5.41, 5.74) is 3.62. The third-order valence-electron chi connectivity index (χ3n) is 6.58. The van der Waals surface area contributed by atoms with Gasteiger partial charge in [-0.3, -0.25) is 9.59 Å². The maximum atomic E-state index is 13.8. The summed E-state index contributed by atoms with van der Waals surface area (Å²) in [7, 11) is 0. The van der Waals surface area contributed by atoms with Crippen LogP contribution in [0.15, 0.2) is 60.7 Å². The van der Waals surface area contributed by atoms with Gasteiger partial charge in [-0.05, 0) is 79.4 Å². The number of halogens is 1. The molecule has 35 heavy (non-hydrogen) atoms. The first-order chi connectivity index (χ1) is 17.0. The molecule has 2 aliphatic heterocycles. The largest absolute Gasteiger partial charge is 0.490 e. The van der Waals surface area contributed by atoms with Gasteiger partial charge in [0.25, 0.3) is 5.91 Å². The molecule has 0 radical (unpaired) electrons. The lowest BCUT2D eigenvalue weighted by atomic mass is 9.75. The van der Waals surface area contributed by atoms with Crippen LogP contribution in [0.2, 0.25) is 0 Å². The van der Waals surface area contributed by atoms with E-state index in [-0.39, 0.29) is 17.6 Å². The van der Waals surface area contributed by atoms with E-state index in [0.717, 1.165) is 11.1 Å². The third kappa shape index (κ3) is 4.11. The van der Waals surface area contributed by atoms with E-state index >= 15 is 0 Å². The molecule has 0 aliphatic carbocycles. The van der Waals surface area contributed by atoms with Gasteiger partial charge in [0, 0.05) is 17.8 Å². The molecule has 2 aliphatic rings. The molecule has 3 aromatic rings. The highest BCUT2D eigenvalue weighted by Crippen LogP contribution is 2.48. The molecule has 1 N–H and O–H groups in total. The number of ether oxygens (including phenoxy) is 2. The summed E-state index contributed by atoms with van der Waals surface area (Å²) in [5, 5.41) is 2.93. The molecule has 7 heteroatoms. The van der Waals surface area contributed by atoms with E-state index in [1.54, 1.807) is 11.0 Å². The molecule has 2 heterocycles. The number of carbonyl (C=O) groups is 2. The Balaban J connectivity index is 1.63. The van der Waals surface area contributed by atoms with Gasteiger partial charge in [-0.15, -0.1) is 0 Å². The van der Waals surface area contributed by atoms with Gasteiger partial charge in [0.2, 0.25) is 5.91 Å². The Morgan fingerprint density at radius 1 is 1.00 bits per heavy atom. The van der Waals surface area contributed by atoms with Crippen molar-refractivity contribution in [3.05, 3.63) is 88.7 Å². The van der Waals surface area contributed by atoms with Gasteiger partial charge in [0.05, 0.1) is 25.2 Å². The van der Waals surface area contributed by atoms with Gasteiger partial charge >= 0.3 is 0 Å². The van der Waals surface area contributed by atoms with E-state index in [4.69, 9.17) is 9.47 Å². The Morgan fingerprint density at radius 2 is 1.69 bits per heavy atom. The quantitative estimate of drug-likeness (QED) is 0.540. The molecule has 0 unspecified atom stereocenters. The van der Waals surface area contributed by atoms with Crippen molar-refractivity contribution >= 4 is 17.5 Å². The highest BCUT2D eigenvalue weighted by Gasteiger charge is 2.46. The lowest BCUT2D eigenvalue weighted by Gasteiger charge is -2.45. The van der Waals surface area contributed by atoms with Crippen LogP contribution in [0, 0.1) is 5.82 Å². The molecule has 2 atom stereocenters. The second-order valence-electron chi connectivity index (χ2n) is 8.62. The van der Waals surface area contributed by atoms with Crippen molar-refractivity contribution in [3.8, 4) is 11.5 Å². The number of nitrogens with zero attached hydrogens (tertiary/aromatic N) is 1. The zero-order valence-corrected chi connectivity index (χ0v) is 19.7. The predicted octanol–water partition coefficient (Wildman–Crippen LogP) is 5.10. The number of hydrogen-bond donors (Lipinski definition) is 1. The van der Waals surface area contributed by atoms with Gasteiger partial charge in [-0.1, -0.05) is 18.2 Å². The molecule has 0 aromatic heterocycles. The fraction of sp³-hybridized carbons (Fsp3) is 0.286. The van der Waals surface area contributed by atoms with Crippen molar-refractivity contribution in [2.45, 2.75) is 32.2 Å². The molecule has 6 nitrogen and oxygen atoms in total. The van der Waals surface area contributed by atoms with Crippen LogP contribution in [0.4, 0.5) is 10.1 Å². The van der Waals surface area contributed by atoms with Gasteiger partial charge in [0.1, 0.15) is 5.82 Å². The van der Waals surface area contributed by atoms with E-state index < -0.39 is 12.0 Å². The van der Waals surface area contributed by atoms with Gasteiger partial charge in [-0.25, -0.2) is 4.39 Å². The summed E-state index contributed by atoms with van der Waals surface area (Å²) < 4.78 is 25.1. The van der Waals surface area contributed by atoms with E-state index in [0.29, 0.717) is 54.5 Å². The zero-order chi connectivity index (χ0) is 24.5. The Morgan fingerprint density at radius 3 is 2.40 bits per heavy atom. The van der Waals surface area contributed by atoms with Crippen LogP contribution in [0.25, 0.3) is 0 Å². The Labute approximate surface area is 203 Å². The monoisotopic (exact) mass is 474 g/mol. The average molecular weight is 475 g/mol. The molecule has 3 aromatic carbocycles. The summed E-state index contributed by atoms with van der Waals surface area (Å²) in [5.74, 6) is -0.117. The predicted molar refractivity (Wildman–Crippen MR) is 130 cm³/mol. The zero-order valence-electron chi connectivity index (χ0n) is 19.7. The molecule has 180 valence electrons. The number of anilines is 1. The van der Waals surface area contributed by atoms with Crippen LogP contribution >= 0.6 is 0 Å². The smallest absolute Gasteiger partial charge is 0.254 e. The fourth-order valence-corrected chi connectivity index (χ4v) is 5.11. The number of benzene rings is 3. The topological polar surface area (TPSA) is 67.9 Å². The van der Waals surface area contributed by atoms with Crippen LogP contribution in [0.3, 0.4) is 0 Å². The van der Waals surface area contributed by atoms with Crippen LogP contribution in [0.1, 0.15) is 52.9 Å². The molecule has 0 saturated carbocycles. The highest BCUT2D eigenvalue weighted by atomic mass is 19.1. The van der Waals surface area contributed by atoms with Crippen molar-refractivity contribution in [2.24, 2.45) is 0 Å². The van der Waals surface area contributed by atoms with Crippen molar-refractivity contribution in [2.75, 3.05) is 25.1 Å². The standard InChI is InChI=1S/C28H27FN2O4/c1-3-34-23-15-17-13-14-31-26(22(17)16-24(23)35-4-2)25(20-7-5-6-8-21(20)28(31)33)27(32)30-19-11-9-18(29)10-12-19/h5-12,15-16,25-26H,3-4,13-14H2,1-2H3,(H,30,32)/t25-,26-/m0/s1. The first-order valence-corrected chi connectivity index (χ1v) is 11.9. The molecule has 0 saturated heterocycles. The van der Waals surface area contributed by atoms with E-state index in [9.17, 15) is 14.0 Å². The van der Waals surface area contributed by atoms with Gasteiger partial charge < -0.3 is 19.7 Å². The second kappa shape index (κ2) is 9.41. The van der Waals surface area contributed by atoms with Crippen LogP contribution < -0.4 is 14.8 Å². The van der Waals surface area contributed by atoms with Gasteiger partial charge in [-0.2, -0.15) is 0 Å². The van der Waals surface area contributed by atoms with Crippen LogP contribution in [-0.4, -0.2) is 36.5 Å². The number of nitrogens with one attached hydrogen (secondary N) is 1. The molecule has 0 bridgehead atoms. The molecular formula is C28H27FN2O4. The maximum Gasteiger partial charge on any atom is 0.254 e. The molecule has 0 spiro atoms. The van der Waals surface area contributed by atoms with Crippen LogP contribution in [0.5, 0.6) is 11.5 Å². The van der Waals surface area contributed by atoms with Crippen LogP contribution in [-0.2, 0) is 11.2 Å². The SMILES string of the molecule is CCOc1cc2c(cc1OCC)[C@H]1[C@@H](C(=O)Nc3ccc(F)cc3)c3ccccc3C(=O)N1CC2. The highest BCUT2D eigenvalue weighted by molar-refractivity contribution is 6.04. The summed E-state index contributed by atoms with van der Waals surface area (Å²) in [6, 6.07) is 16.3. The van der Waals surface area contributed by atoms with E-state index in [1.165, 1.54) is 24.3 Å². The number of fused-ring (bicyclic) bond motifs is 4. The lowest BCUT2D eigenvalue weighted by molar-refractivity contribution is -0.119. The third-order valence-corrected chi connectivity index (χ3v) is 6.58. The maximum absolute atomic E-state index is 13.8. The van der Waals surface area contributed by atoms with E-state index in [2.05, 4.69) is 5.32 Å². The normalized spacial score (nSPS) is 18.3. The minimum absolute atomic E-state index is 0.0890. The molecule has 5 rings (SSSR count). The average Bonchev–Trinajstić information content (AvgIpc) is 2.86. The van der Waals surface area contributed by atoms with Crippen molar-refractivity contribution in [3.63, 3.8) is 0 Å². The molecule has 2 amide bonds. The minimum Gasteiger partial charge on any atom is -0.490 e. The fourth-order valence-electron chi connectivity index (χ4n) is 5.11. The number of carbonyl (C=O) groups excluding carboxylic acids is 2. The second-order valence-corrected chi connectivity index (χ2v) is 8.62. The van der Waals surface area contributed by atoms with Gasteiger partial charge in [0.15, 0.2) is 11.5 Å². The Bertz CT molecular complexity index is 1270. The summed E-state index contributed by atoms with van der Waals surface area (Å²) >= 11 is 0. The minimum atomic E-state index is -0.652. The number of hydrogen-bond acceptors (Lipinski definition) is 4. The first-order valence-electron chi connectivity index (χ1n) is 11.9. The molecular weight excluding hydrogens is 447 g/mol. The van der Waals surface area contributed by atoms with Crippen molar-refractivity contribution in [1.29, 1.82) is 0 Å². The summed E-state index contributed by atoms with van der Waals surface area (Å²) in [4.78, 5) is 29.1. The Kier molecular flexibility index (Phi) is 6.16. The Hall–Kier alpha value is -3.87. The van der Waals surface area contributed by atoms with Crippen molar-refractivity contribution in [1.82, 2.24) is 4.90 Å². The lowest BCUT2D eigenvalue weighted by Crippen LogP contribution is -2.49. The number of rotatable bonds is 6. The van der Waals surface area contributed by atoms with Crippen molar-refractivity contribution < 1.29 is 23.5 Å².